The second-order valence-electron chi connectivity index (χ2n) is 5.45. The molecular formula is C15H19ClF3NO. The summed E-state index contributed by atoms with van der Waals surface area (Å²) < 4.78 is 45.0. The molecule has 118 valence electrons. The minimum Gasteiger partial charge on any atom is -0.381 e. The summed E-state index contributed by atoms with van der Waals surface area (Å²) in [5, 5.41) is 0. The lowest BCUT2D eigenvalue weighted by Crippen LogP contribution is -2.32. The fraction of sp³-hybridized carbons (Fsp3) is 0.600. The molecule has 0 bridgehead atoms. The van der Waals surface area contributed by atoms with Crippen LogP contribution in [0.25, 0.3) is 0 Å². The lowest BCUT2D eigenvalue weighted by Gasteiger charge is -2.30. The third-order valence-electron chi connectivity index (χ3n) is 3.72. The fourth-order valence-corrected chi connectivity index (χ4v) is 2.83. The molecule has 1 aliphatic rings. The number of anilines is 1. The minimum atomic E-state index is -4.38. The number of benzene rings is 1. The third-order valence-corrected chi connectivity index (χ3v) is 4.03. The summed E-state index contributed by atoms with van der Waals surface area (Å²) in [5.41, 5.74) is 0.0453. The monoisotopic (exact) mass is 321 g/mol. The molecule has 0 N–H and O–H groups in total. The smallest absolute Gasteiger partial charge is 0.381 e. The van der Waals surface area contributed by atoms with Gasteiger partial charge in [0.2, 0.25) is 0 Å². The zero-order valence-corrected chi connectivity index (χ0v) is 12.7. The van der Waals surface area contributed by atoms with Gasteiger partial charge < -0.3 is 9.64 Å². The van der Waals surface area contributed by atoms with Gasteiger partial charge in [0, 0.05) is 31.8 Å². The van der Waals surface area contributed by atoms with Crippen LogP contribution in [0.2, 0.25) is 0 Å². The molecule has 1 aromatic carbocycles. The first-order valence-electron chi connectivity index (χ1n) is 6.96. The van der Waals surface area contributed by atoms with Gasteiger partial charge in [-0.25, -0.2) is 0 Å². The van der Waals surface area contributed by atoms with Crippen LogP contribution in [0.1, 0.15) is 24.0 Å². The zero-order valence-electron chi connectivity index (χ0n) is 11.9. The molecule has 1 unspecified atom stereocenters. The second-order valence-corrected chi connectivity index (χ2v) is 5.71. The van der Waals surface area contributed by atoms with Crippen molar-refractivity contribution >= 4 is 17.3 Å². The Morgan fingerprint density at radius 2 is 2.14 bits per heavy atom. The van der Waals surface area contributed by atoms with Gasteiger partial charge in [-0.05, 0) is 36.5 Å². The average Bonchev–Trinajstić information content (AvgIpc) is 2.46. The Morgan fingerprint density at radius 3 is 2.71 bits per heavy atom. The van der Waals surface area contributed by atoms with E-state index in [9.17, 15) is 13.2 Å². The predicted octanol–water partition coefficient (Wildman–Crippen LogP) is 4.31. The topological polar surface area (TPSA) is 12.5 Å². The molecule has 0 amide bonds. The Morgan fingerprint density at radius 1 is 1.38 bits per heavy atom. The normalized spacial score (nSPS) is 19.6. The van der Waals surface area contributed by atoms with Crippen LogP contribution in [0.3, 0.4) is 0 Å². The molecule has 2 nitrogen and oxygen atoms in total. The summed E-state index contributed by atoms with van der Waals surface area (Å²) >= 11 is 5.64. The van der Waals surface area contributed by atoms with Gasteiger partial charge in [0.25, 0.3) is 0 Å². The molecule has 6 heteroatoms. The van der Waals surface area contributed by atoms with Gasteiger partial charge in [-0.1, -0.05) is 6.07 Å². The quantitative estimate of drug-likeness (QED) is 0.766. The SMILES string of the molecule is CN(CC1CCCOC1)c1ccc(CCl)cc1C(F)(F)F. The lowest BCUT2D eigenvalue weighted by atomic mass is 10.0. The molecule has 2 rings (SSSR count). The van der Waals surface area contributed by atoms with Gasteiger partial charge >= 0.3 is 6.18 Å². The van der Waals surface area contributed by atoms with E-state index in [1.54, 1.807) is 18.0 Å². The van der Waals surface area contributed by atoms with E-state index >= 15 is 0 Å². The molecule has 1 saturated heterocycles. The van der Waals surface area contributed by atoms with Crippen molar-refractivity contribution in [2.24, 2.45) is 5.92 Å². The standard InChI is InChI=1S/C15H19ClF3NO/c1-20(9-12-3-2-6-21-10-12)14-5-4-11(8-16)7-13(14)15(17,18)19/h4-5,7,12H,2-3,6,8-10H2,1H3. The first-order valence-corrected chi connectivity index (χ1v) is 7.50. The van der Waals surface area contributed by atoms with Gasteiger partial charge in [0.1, 0.15) is 0 Å². The molecule has 1 aliphatic heterocycles. The third kappa shape index (κ3) is 4.27. The first kappa shape index (κ1) is 16.4. The maximum Gasteiger partial charge on any atom is 0.418 e. The van der Waals surface area contributed by atoms with E-state index in [1.165, 1.54) is 6.07 Å². The van der Waals surface area contributed by atoms with Crippen molar-refractivity contribution < 1.29 is 17.9 Å². The number of rotatable bonds is 4. The van der Waals surface area contributed by atoms with Crippen molar-refractivity contribution in [3.8, 4) is 0 Å². The summed E-state index contributed by atoms with van der Waals surface area (Å²) in [4.78, 5) is 1.67. The highest BCUT2D eigenvalue weighted by atomic mass is 35.5. The second kappa shape index (κ2) is 6.88. The van der Waals surface area contributed by atoms with Gasteiger partial charge in [-0.3, -0.25) is 0 Å². The van der Waals surface area contributed by atoms with Gasteiger partial charge in [0.05, 0.1) is 12.2 Å². The minimum absolute atomic E-state index is 0.0730. The van der Waals surface area contributed by atoms with E-state index in [0.29, 0.717) is 18.7 Å². The number of hydrogen-bond acceptors (Lipinski definition) is 2. The molecule has 0 spiro atoms. The molecule has 1 aromatic rings. The van der Waals surface area contributed by atoms with E-state index < -0.39 is 11.7 Å². The highest BCUT2D eigenvalue weighted by Gasteiger charge is 2.35. The van der Waals surface area contributed by atoms with Crippen LogP contribution in [-0.4, -0.2) is 26.8 Å². The average molecular weight is 322 g/mol. The number of halogens is 4. The van der Waals surface area contributed by atoms with Crippen LogP contribution < -0.4 is 4.90 Å². The van der Waals surface area contributed by atoms with Crippen molar-refractivity contribution in [1.29, 1.82) is 0 Å². The van der Waals surface area contributed by atoms with E-state index in [0.717, 1.165) is 25.5 Å². The molecule has 0 aromatic heterocycles. The van der Waals surface area contributed by atoms with Crippen LogP contribution in [0.4, 0.5) is 18.9 Å². The van der Waals surface area contributed by atoms with Crippen molar-refractivity contribution in [2.45, 2.75) is 24.9 Å². The first-order chi connectivity index (χ1) is 9.91. The maximum absolute atomic E-state index is 13.2. The molecule has 1 atom stereocenters. The summed E-state index contributed by atoms with van der Waals surface area (Å²) in [6, 6.07) is 4.28. The van der Waals surface area contributed by atoms with Crippen LogP contribution in [-0.2, 0) is 16.8 Å². The summed E-state index contributed by atoms with van der Waals surface area (Å²) in [6.45, 7) is 1.92. The van der Waals surface area contributed by atoms with Crippen LogP contribution in [0, 0.1) is 5.92 Å². The van der Waals surface area contributed by atoms with Crippen LogP contribution in [0.5, 0.6) is 0 Å². The summed E-state index contributed by atoms with van der Waals surface area (Å²) in [7, 11) is 1.69. The Kier molecular flexibility index (Phi) is 5.38. The van der Waals surface area contributed by atoms with Crippen molar-refractivity contribution in [2.75, 3.05) is 31.7 Å². The Bertz CT molecular complexity index is 472. The highest BCUT2D eigenvalue weighted by Crippen LogP contribution is 2.37. The van der Waals surface area contributed by atoms with E-state index in [2.05, 4.69) is 0 Å². The number of hydrogen-bond donors (Lipinski definition) is 0. The number of nitrogens with zero attached hydrogens (tertiary/aromatic N) is 1. The van der Waals surface area contributed by atoms with Gasteiger partial charge in [-0.2, -0.15) is 13.2 Å². The van der Waals surface area contributed by atoms with E-state index in [4.69, 9.17) is 16.3 Å². The van der Waals surface area contributed by atoms with Gasteiger partial charge in [-0.15, -0.1) is 11.6 Å². The molecule has 21 heavy (non-hydrogen) atoms. The Hall–Kier alpha value is -0.940. The molecule has 0 radical (unpaired) electrons. The van der Waals surface area contributed by atoms with Crippen molar-refractivity contribution in [3.63, 3.8) is 0 Å². The Balaban J connectivity index is 2.20. The molecule has 0 saturated carbocycles. The Labute approximate surface area is 127 Å². The van der Waals surface area contributed by atoms with Gasteiger partial charge in [0.15, 0.2) is 0 Å². The molecule has 1 fully saturated rings. The van der Waals surface area contributed by atoms with Crippen molar-refractivity contribution in [1.82, 2.24) is 0 Å². The summed E-state index contributed by atoms with van der Waals surface area (Å²) in [6.07, 6.45) is -2.42. The molecular weight excluding hydrogens is 303 g/mol. The van der Waals surface area contributed by atoms with Crippen molar-refractivity contribution in [3.05, 3.63) is 29.3 Å². The fourth-order valence-electron chi connectivity index (χ4n) is 2.66. The number of alkyl halides is 4. The van der Waals surface area contributed by atoms with Crippen LogP contribution in [0.15, 0.2) is 18.2 Å². The van der Waals surface area contributed by atoms with Crippen LogP contribution >= 0.6 is 11.6 Å². The number of ether oxygens (including phenoxy) is 1. The zero-order chi connectivity index (χ0) is 15.5. The largest absolute Gasteiger partial charge is 0.418 e. The highest BCUT2D eigenvalue weighted by molar-refractivity contribution is 6.17. The summed E-state index contributed by atoms with van der Waals surface area (Å²) in [5.74, 6) is 0.348. The predicted molar refractivity (Wildman–Crippen MR) is 77.8 cm³/mol. The van der Waals surface area contributed by atoms with E-state index in [1.807, 2.05) is 0 Å². The van der Waals surface area contributed by atoms with E-state index in [-0.39, 0.29) is 17.5 Å². The molecule has 0 aliphatic carbocycles. The maximum atomic E-state index is 13.2. The lowest BCUT2D eigenvalue weighted by molar-refractivity contribution is -0.137. The molecule has 1 heterocycles.